The molecule has 1 atom stereocenters. The van der Waals surface area contributed by atoms with E-state index in [4.69, 9.17) is 26.4 Å². The maximum Gasteiger partial charge on any atom is 0.252 e. The molecule has 2 aliphatic rings. The first-order chi connectivity index (χ1) is 15.0. The lowest BCUT2D eigenvalue weighted by atomic mass is 10.1. The number of methoxy groups -OCH3 is 1. The molecule has 0 spiro atoms. The summed E-state index contributed by atoms with van der Waals surface area (Å²) < 4.78 is 15.9. The topological polar surface area (TPSA) is 80.3 Å². The van der Waals surface area contributed by atoms with Crippen molar-refractivity contribution >= 4 is 34.8 Å². The molecule has 2 aromatic carbocycles. The molecule has 0 bridgehead atoms. The number of nitrogens with one attached hydrogen (secondary N) is 1. The number of anilines is 1. The molecule has 0 radical (unpaired) electrons. The standard InChI is InChI=1S/C22H23N3O5S/c1-3-24-21(27)17(11-20(26)23-15-5-7-16(28-2)8-6-15)25(22(24)31)12-14-4-9-18-19(10-14)30-13-29-18/h4-10,17H,3,11-13H2,1-2H3,(H,23,26)/t17-/m0/s1. The van der Waals surface area contributed by atoms with Gasteiger partial charge in [0.25, 0.3) is 5.91 Å². The van der Waals surface area contributed by atoms with Crippen molar-refractivity contribution in [3.05, 3.63) is 48.0 Å². The average Bonchev–Trinajstić information content (AvgIpc) is 3.32. The number of nitrogens with zero attached hydrogens (tertiary/aromatic N) is 2. The Morgan fingerprint density at radius 3 is 2.65 bits per heavy atom. The Hall–Kier alpha value is -3.33. The van der Waals surface area contributed by atoms with Gasteiger partial charge in [-0.1, -0.05) is 6.07 Å². The smallest absolute Gasteiger partial charge is 0.252 e. The van der Waals surface area contributed by atoms with Crippen LogP contribution in [0.5, 0.6) is 17.2 Å². The van der Waals surface area contributed by atoms with Gasteiger partial charge >= 0.3 is 0 Å². The van der Waals surface area contributed by atoms with Crippen LogP contribution in [0, 0.1) is 0 Å². The number of thiocarbonyl (C=S) groups is 1. The third kappa shape index (κ3) is 4.27. The van der Waals surface area contributed by atoms with E-state index < -0.39 is 6.04 Å². The van der Waals surface area contributed by atoms with E-state index in [0.29, 0.717) is 41.1 Å². The molecule has 4 rings (SSSR count). The molecule has 2 aromatic rings. The summed E-state index contributed by atoms with van der Waals surface area (Å²) in [5, 5.41) is 3.26. The molecule has 2 amide bonds. The highest BCUT2D eigenvalue weighted by Crippen LogP contribution is 2.34. The molecule has 1 N–H and O–H groups in total. The zero-order valence-electron chi connectivity index (χ0n) is 17.3. The third-order valence-electron chi connectivity index (χ3n) is 5.26. The summed E-state index contributed by atoms with van der Waals surface area (Å²) in [7, 11) is 1.58. The number of benzene rings is 2. The minimum atomic E-state index is -0.670. The second-order valence-corrected chi connectivity index (χ2v) is 7.54. The number of hydrogen-bond donors (Lipinski definition) is 1. The van der Waals surface area contributed by atoms with Crippen LogP contribution < -0.4 is 19.5 Å². The Bertz CT molecular complexity index is 1010. The Labute approximate surface area is 185 Å². The molecule has 0 aromatic heterocycles. The SMILES string of the molecule is CCN1C(=O)[C@H](CC(=O)Nc2ccc(OC)cc2)N(Cc2ccc3c(c2)OCO3)C1=S. The van der Waals surface area contributed by atoms with E-state index in [-0.39, 0.29) is 25.0 Å². The third-order valence-corrected chi connectivity index (χ3v) is 5.72. The predicted octanol–water partition coefficient (Wildman–Crippen LogP) is 2.77. The van der Waals surface area contributed by atoms with Gasteiger partial charge in [-0.3, -0.25) is 14.5 Å². The average molecular weight is 442 g/mol. The van der Waals surface area contributed by atoms with Crippen molar-refractivity contribution in [1.29, 1.82) is 0 Å². The van der Waals surface area contributed by atoms with E-state index >= 15 is 0 Å². The van der Waals surface area contributed by atoms with E-state index in [1.165, 1.54) is 4.90 Å². The molecular formula is C22H23N3O5S. The van der Waals surface area contributed by atoms with Gasteiger partial charge in [-0.05, 0) is 61.1 Å². The van der Waals surface area contributed by atoms with Crippen molar-refractivity contribution < 1.29 is 23.8 Å². The number of hydrogen-bond acceptors (Lipinski definition) is 6. The van der Waals surface area contributed by atoms with Crippen LogP contribution in [0.1, 0.15) is 18.9 Å². The predicted molar refractivity (Wildman–Crippen MR) is 118 cm³/mol. The first-order valence-electron chi connectivity index (χ1n) is 9.94. The van der Waals surface area contributed by atoms with Gasteiger partial charge in [0, 0.05) is 18.8 Å². The Balaban J connectivity index is 1.49. The summed E-state index contributed by atoms with van der Waals surface area (Å²) in [5.41, 5.74) is 1.55. The van der Waals surface area contributed by atoms with Crippen molar-refractivity contribution in [2.75, 3.05) is 25.8 Å². The number of rotatable bonds is 7. The van der Waals surface area contributed by atoms with E-state index in [1.807, 2.05) is 25.1 Å². The zero-order chi connectivity index (χ0) is 22.0. The normalized spacial score (nSPS) is 17.3. The molecule has 1 saturated heterocycles. The lowest BCUT2D eigenvalue weighted by molar-refractivity contribution is -0.130. The summed E-state index contributed by atoms with van der Waals surface area (Å²) in [6.45, 7) is 2.89. The molecule has 31 heavy (non-hydrogen) atoms. The number of fused-ring (bicyclic) bond motifs is 1. The molecule has 2 aliphatic heterocycles. The fourth-order valence-electron chi connectivity index (χ4n) is 3.66. The second kappa shape index (κ2) is 8.81. The van der Waals surface area contributed by atoms with Crippen LogP contribution in [0.2, 0.25) is 0 Å². The highest BCUT2D eigenvalue weighted by Gasteiger charge is 2.42. The molecule has 162 valence electrons. The number of carbonyl (C=O) groups excluding carboxylic acids is 2. The molecular weight excluding hydrogens is 418 g/mol. The maximum atomic E-state index is 13.0. The van der Waals surface area contributed by atoms with Crippen molar-refractivity contribution in [3.8, 4) is 17.2 Å². The molecule has 8 nitrogen and oxygen atoms in total. The Morgan fingerprint density at radius 2 is 1.94 bits per heavy atom. The zero-order valence-corrected chi connectivity index (χ0v) is 18.1. The van der Waals surface area contributed by atoms with Crippen molar-refractivity contribution in [1.82, 2.24) is 9.80 Å². The lowest BCUT2D eigenvalue weighted by Crippen LogP contribution is -2.37. The molecule has 0 unspecified atom stereocenters. The number of likely N-dealkylation sites (N-methyl/N-ethyl adjacent to an activating group) is 1. The fourth-order valence-corrected chi connectivity index (χ4v) is 4.07. The molecule has 2 heterocycles. The number of amides is 2. The highest BCUT2D eigenvalue weighted by atomic mass is 32.1. The van der Waals surface area contributed by atoms with Gasteiger partial charge in [-0.2, -0.15) is 0 Å². The largest absolute Gasteiger partial charge is 0.497 e. The van der Waals surface area contributed by atoms with E-state index in [9.17, 15) is 9.59 Å². The van der Waals surface area contributed by atoms with Crippen molar-refractivity contribution in [2.24, 2.45) is 0 Å². The first kappa shape index (κ1) is 20.9. The summed E-state index contributed by atoms with van der Waals surface area (Å²) >= 11 is 5.55. The van der Waals surface area contributed by atoms with Crippen LogP contribution in [0.4, 0.5) is 5.69 Å². The van der Waals surface area contributed by atoms with Gasteiger partial charge in [0.2, 0.25) is 12.7 Å². The van der Waals surface area contributed by atoms with Gasteiger partial charge in [-0.15, -0.1) is 0 Å². The highest BCUT2D eigenvalue weighted by molar-refractivity contribution is 7.80. The maximum absolute atomic E-state index is 13.0. The van der Waals surface area contributed by atoms with Gasteiger partial charge in [0.15, 0.2) is 16.6 Å². The van der Waals surface area contributed by atoms with Crippen LogP contribution in [-0.2, 0) is 16.1 Å². The minimum Gasteiger partial charge on any atom is -0.497 e. The lowest BCUT2D eigenvalue weighted by Gasteiger charge is -2.24. The molecule has 0 saturated carbocycles. The van der Waals surface area contributed by atoms with Crippen LogP contribution in [0.15, 0.2) is 42.5 Å². The van der Waals surface area contributed by atoms with Gasteiger partial charge in [0.05, 0.1) is 13.5 Å². The van der Waals surface area contributed by atoms with E-state index in [1.54, 1.807) is 36.3 Å². The summed E-state index contributed by atoms with van der Waals surface area (Å²) in [6.07, 6.45) is -0.00788. The first-order valence-corrected chi connectivity index (χ1v) is 10.4. The summed E-state index contributed by atoms with van der Waals surface area (Å²) in [5.74, 6) is 1.62. The minimum absolute atomic E-state index is 0.00788. The van der Waals surface area contributed by atoms with Gasteiger partial charge in [0.1, 0.15) is 11.8 Å². The van der Waals surface area contributed by atoms with Crippen LogP contribution in [0.25, 0.3) is 0 Å². The monoisotopic (exact) mass is 441 g/mol. The van der Waals surface area contributed by atoms with Crippen molar-refractivity contribution in [2.45, 2.75) is 25.9 Å². The van der Waals surface area contributed by atoms with E-state index in [2.05, 4.69) is 5.32 Å². The van der Waals surface area contributed by atoms with Gasteiger partial charge < -0.3 is 24.4 Å². The fraction of sp³-hybridized carbons (Fsp3) is 0.318. The van der Waals surface area contributed by atoms with Crippen molar-refractivity contribution in [3.63, 3.8) is 0 Å². The summed E-state index contributed by atoms with van der Waals surface area (Å²) in [4.78, 5) is 29.0. The molecule has 1 fully saturated rings. The van der Waals surface area contributed by atoms with Crippen LogP contribution in [-0.4, -0.2) is 53.2 Å². The number of carbonyl (C=O) groups is 2. The quantitative estimate of drug-likeness (QED) is 0.662. The van der Waals surface area contributed by atoms with Crippen LogP contribution in [0.3, 0.4) is 0 Å². The molecule has 9 heteroatoms. The van der Waals surface area contributed by atoms with Gasteiger partial charge in [-0.25, -0.2) is 0 Å². The molecule has 0 aliphatic carbocycles. The van der Waals surface area contributed by atoms with Crippen LogP contribution >= 0.6 is 12.2 Å². The second-order valence-electron chi connectivity index (χ2n) is 7.18. The Morgan fingerprint density at radius 1 is 1.19 bits per heavy atom. The van der Waals surface area contributed by atoms with E-state index in [0.717, 1.165) is 5.56 Å². The summed E-state index contributed by atoms with van der Waals surface area (Å²) in [6, 6.07) is 12.0. The Kier molecular flexibility index (Phi) is 5.94. The number of ether oxygens (including phenoxy) is 3.